The van der Waals surface area contributed by atoms with Gasteiger partial charge in [-0.05, 0) is 50.5 Å². The van der Waals surface area contributed by atoms with Crippen molar-refractivity contribution in [3.63, 3.8) is 0 Å². The smallest absolute Gasteiger partial charge is 0.246 e. The Hall–Kier alpha value is -1.59. The van der Waals surface area contributed by atoms with Gasteiger partial charge < -0.3 is 10.1 Å². The number of hydrogen-bond donors (Lipinski definition) is 1. The molecule has 2 rings (SSSR count). The largest absolute Gasteiger partial charge is 0.385 e. The first-order valence-electron chi connectivity index (χ1n) is 7.76. The van der Waals surface area contributed by atoms with Crippen LogP contribution < -0.4 is 10.2 Å². The minimum Gasteiger partial charge on any atom is -0.385 e. The van der Waals surface area contributed by atoms with Crippen LogP contribution in [-0.4, -0.2) is 37.6 Å². The third-order valence-electron chi connectivity index (χ3n) is 4.27. The van der Waals surface area contributed by atoms with Crippen LogP contribution in [0.4, 0.5) is 5.69 Å². The highest BCUT2D eigenvalue weighted by molar-refractivity contribution is 6.30. The van der Waals surface area contributed by atoms with Crippen molar-refractivity contribution in [3.05, 3.63) is 28.8 Å². The van der Waals surface area contributed by atoms with Crippen LogP contribution in [0.1, 0.15) is 31.7 Å². The third kappa shape index (κ3) is 3.67. The van der Waals surface area contributed by atoms with Crippen LogP contribution >= 0.6 is 11.6 Å². The Morgan fingerprint density at radius 1 is 1.48 bits per heavy atom. The first-order chi connectivity index (χ1) is 10.9. The lowest BCUT2D eigenvalue weighted by Gasteiger charge is -2.35. The van der Waals surface area contributed by atoms with Crippen molar-refractivity contribution in [1.29, 1.82) is 0 Å². The van der Waals surface area contributed by atoms with Crippen LogP contribution in [-0.2, 0) is 14.3 Å². The second-order valence-electron chi connectivity index (χ2n) is 6.04. The Balaban J connectivity index is 2.22. The van der Waals surface area contributed by atoms with Crippen LogP contribution in [0, 0.1) is 6.92 Å². The number of nitrogens with zero attached hydrogens (tertiary/aromatic N) is 1. The molecule has 0 spiro atoms. The molecule has 0 aromatic heterocycles. The topological polar surface area (TPSA) is 58.6 Å². The van der Waals surface area contributed by atoms with E-state index in [4.69, 9.17) is 16.3 Å². The molecule has 0 saturated carbocycles. The summed E-state index contributed by atoms with van der Waals surface area (Å²) in [4.78, 5) is 26.7. The number of carbonyl (C=O) groups excluding carboxylic acids is 2. The Labute approximate surface area is 141 Å². The van der Waals surface area contributed by atoms with Crippen LogP contribution in [0.15, 0.2) is 18.2 Å². The van der Waals surface area contributed by atoms with Crippen molar-refractivity contribution in [2.24, 2.45) is 0 Å². The van der Waals surface area contributed by atoms with E-state index < -0.39 is 5.54 Å². The molecule has 0 unspecified atom stereocenters. The predicted octanol–water partition coefficient (Wildman–Crippen LogP) is 2.69. The summed E-state index contributed by atoms with van der Waals surface area (Å²) in [5, 5.41) is 3.53. The van der Waals surface area contributed by atoms with Gasteiger partial charge in [-0.15, -0.1) is 0 Å². The minimum atomic E-state index is -0.872. The van der Waals surface area contributed by atoms with E-state index in [0.29, 0.717) is 31.0 Å². The maximum absolute atomic E-state index is 12.7. The number of methoxy groups -OCH3 is 1. The summed E-state index contributed by atoms with van der Waals surface area (Å²) in [6, 6.07) is 5.35. The molecule has 1 N–H and O–H groups in total. The van der Waals surface area contributed by atoms with Crippen LogP contribution in [0.2, 0.25) is 5.02 Å². The normalized spacial score (nSPS) is 20.9. The van der Waals surface area contributed by atoms with Gasteiger partial charge >= 0.3 is 0 Å². The van der Waals surface area contributed by atoms with Crippen LogP contribution in [0.3, 0.4) is 0 Å². The highest BCUT2D eigenvalue weighted by Crippen LogP contribution is 2.37. The average molecular weight is 339 g/mol. The molecule has 1 atom stereocenters. The van der Waals surface area contributed by atoms with Crippen molar-refractivity contribution in [1.82, 2.24) is 5.32 Å². The summed E-state index contributed by atoms with van der Waals surface area (Å²) in [7, 11) is 1.63. The number of anilines is 1. The van der Waals surface area contributed by atoms with Gasteiger partial charge in [0.2, 0.25) is 11.8 Å². The van der Waals surface area contributed by atoms with E-state index in [1.54, 1.807) is 30.2 Å². The van der Waals surface area contributed by atoms with Crippen molar-refractivity contribution in [2.75, 3.05) is 25.2 Å². The first kappa shape index (κ1) is 17.8. The van der Waals surface area contributed by atoms with Gasteiger partial charge in [0.25, 0.3) is 0 Å². The summed E-state index contributed by atoms with van der Waals surface area (Å²) < 4.78 is 4.98. The number of hydrogen-bond acceptors (Lipinski definition) is 3. The molecule has 126 valence electrons. The minimum absolute atomic E-state index is 0.0371. The zero-order valence-electron chi connectivity index (χ0n) is 13.8. The standard InChI is InChI=1S/C17H23ClN2O3/c1-12-11-13(18)5-6-14(12)20-15(21)7-8-17(20,2)16(22)19-9-4-10-23-3/h5-6,11H,4,7-10H2,1-3H3,(H,19,22)/t17-/m0/s1. The molecule has 1 aliphatic rings. The molecule has 2 amide bonds. The molecule has 1 heterocycles. The van der Waals surface area contributed by atoms with Gasteiger partial charge in [-0.2, -0.15) is 0 Å². The second-order valence-corrected chi connectivity index (χ2v) is 6.47. The summed E-state index contributed by atoms with van der Waals surface area (Å²) in [6.45, 7) is 4.83. The van der Waals surface area contributed by atoms with E-state index in [0.717, 1.165) is 17.7 Å². The Kier molecular flexibility index (Phi) is 5.65. The maximum atomic E-state index is 12.7. The molecule has 1 aromatic rings. The Morgan fingerprint density at radius 2 is 2.22 bits per heavy atom. The fraction of sp³-hybridized carbons (Fsp3) is 0.529. The third-order valence-corrected chi connectivity index (χ3v) is 4.50. The van der Waals surface area contributed by atoms with Crippen LogP contribution in [0.25, 0.3) is 0 Å². The number of halogens is 1. The number of amides is 2. The predicted molar refractivity (Wildman–Crippen MR) is 90.8 cm³/mol. The number of rotatable bonds is 6. The molecule has 6 heteroatoms. The monoisotopic (exact) mass is 338 g/mol. The molecule has 1 saturated heterocycles. The fourth-order valence-electron chi connectivity index (χ4n) is 2.94. The number of ether oxygens (including phenoxy) is 1. The van der Waals surface area contributed by atoms with Gasteiger partial charge in [0, 0.05) is 37.4 Å². The van der Waals surface area contributed by atoms with Gasteiger partial charge in [0.15, 0.2) is 0 Å². The average Bonchev–Trinajstić information content (AvgIpc) is 2.81. The zero-order valence-corrected chi connectivity index (χ0v) is 14.6. The quantitative estimate of drug-likeness (QED) is 0.811. The lowest BCUT2D eigenvalue weighted by Crippen LogP contribution is -2.55. The second kappa shape index (κ2) is 7.32. The molecular formula is C17H23ClN2O3. The van der Waals surface area contributed by atoms with E-state index in [9.17, 15) is 9.59 Å². The fourth-order valence-corrected chi connectivity index (χ4v) is 3.17. The number of carbonyl (C=O) groups is 2. The lowest BCUT2D eigenvalue weighted by molar-refractivity contribution is -0.127. The van der Waals surface area contributed by atoms with Crippen molar-refractivity contribution >= 4 is 29.1 Å². The molecule has 0 radical (unpaired) electrons. The molecule has 1 aromatic carbocycles. The van der Waals surface area contributed by atoms with Crippen molar-refractivity contribution in [3.8, 4) is 0 Å². The van der Waals surface area contributed by atoms with E-state index in [-0.39, 0.29) is 11.8 Å². The number of nitrogens with one attached hydrogen (secondary N) is 1. The SMILES string of the molecule is COCCCNC(=O)[C@]1(C)CCC(=O)N1c1ccc(Cl)cc1C. The molecule has 1 fully saturated rings. The van der Waals surface area contributed by atoms with Gasteiger partial charge in [-0.1, -0.05) is 11.6 Å². The van der Waals surface area contributed by atoms with E-state index in [2.05, 4.69) is 5.32 Å². The molecule has 1 aliphatic heterocycles. The van der Waals surface area contributed by atoms with Gasteiger partial charge in [-0.25, -0.2) is 0 Å². The molecule has 23 heavy (non-hydrogen) atoms. The molecular weight excluding hydrogens is 316 g/mol. The van der Waals surface area contributed by atoms with Crippen LogP contribution in [0.5, 0.6) is 0 Å². The lowest BCUT2D eigenvalue weighted by atomic mass is 9.96. The van der Waals surface area contributed by atoms with Gasteiger partial charge in [0.1, 0.15) is 5.54 Å². The number of benzene rings is 1. The Bertz CT molecular complexity index is 606. The molecule has 5 nitrogen and oxygen atoms in total. The first-order valence-corrected chi connectivity index (χ1v) is 8.14. The molecule has 0 bridgehead atoms. The van der Waals surface area contributed by atoms with Crippen molar-refractivity contribution in [2.45, 2.75) is 38.6 Å². The van der Waals surface area contributed by atoms with E-state index in [1.807, 2.05) is 13.8 Å². The maximum Gasteiger partial charge on any atom is 0.246 e. The zero-order chi connectivity index (χ0) is 17.0. The highest BCUT2D eigenvalue weighted by atomic mass is 35.5. The van der Waals surface area contributed by atoms with E-state index in [1.165, 1.54) is 0 Å². The molecule has 0 aliphatic carbocycles. The summed E-state index contributed by atoms with van der Waals surface area (Å²) in [5.74, 6) is -0.168. The summed E-state index contributed by atoms with van der Waals surface area (Å²) in [5.41, 5.74) is 0.751. The van der Waals surface area contributed by atoms with Gasteiger partial charge in [0.05, 0.1) is 0 Å². The van der Waals surface area contributed by atoms with Gasteiger partial charge in [-0.3, -0.25) is 14.5 Å². The summed E-state index contributed by atoms with van der Waals surface area (Å²) >= 11 is 6.00. The van der Waals surface area contributed by atoms with E-state index >= 15 is 0 Å². The Morgan fingerprint density at radius 3 is 2.87 bits per heavy atom. The van der Waals surface area contributed by atoms with Crippen molar-refractivity contribution < 1.29 is 14.3 Å². The summed E-state index contributed by atoms with van der Waals surface area (Å²) in [6.07, 6.45) is 1.61. The number of aryl methyl sites for hydroxylation is 1. The highest BCUT2D eigenvalue weighted by Gasteiger charge is 2.48.